The highest BCUT2D eigenvalue weighted by atomic mass is 16.8. The van der Waals surface area contributed by atoms with E-state index in [9.17, 15) is 14.4 Å². The van der Waals surface area contributed by atoms with Crippen molar-refractivity contribution in [1.29, 1.82) is 0 Å². The van der Waals surface area contributed by atoms with Gasteiger partial charge in [-0.2, -0.15) is 0 Å². The number of carbonyl (C=O) groups excluding carboxylic acids is 3. The summed E-state index contributed by atoms with van der Waals surface area (Å²) in [4.78, 5) is 38.7. The van der Waals surface area contributed by atoms with E-state index in [-0.39, 0.29) is 19.4 Å². The number of rotatable bonds is 2. The van der Waals surface area contributed by atoms with Gasteiger partial charge in [-0.15, -0.1) is 5.06 Å². The molecule has 0 aliphatic carbocycles. The summed E-state index contributed by atoms with van der Waals surface area (Å²) < 4.78 is 10.4. The summed E-state index contributed by atoms with van der Waals surface area (Å²) in [6, 6.07) is 0. The molecule has 2 aliphatic heterocycles. The van der Waals surface area contributed by atoms with Gasteiger partial charge in [0.15, 0.2) is 11.9 Å². The quantitative estimate of drug-likeness (QED) is 0.622. The summed E-state index contributed by atoms with van der Waals surface area (Å²) in [5.41, 5.74) is 0. The standard InChI is InChI=1S/C10H13NO6/c1-10(2)15-5-6(16-10)9(14)17-11-7(12)3-4-8(11)13/h6H,3-5H2,1-2H3/t6-/m1/s1. The maximum absolute atomic E-state index is 11.6. The smallest absolute Gasteiger partial charge is 0.347 e. The monoisotopic (exact) mass is 243 g/mol. The van der Waals surface area contributed by atoms with Gasteiger partial charge >= 0.3 is 5.97 Å². The van der Waals surface area contributed by atoms with E-state index in [4.69, 9.17) is 14.3 Å². The average Bonchev–Trinajstić information content (AvgIpc) is 2.75. The van der Waals surface area contributed by atoms with Gasteiger partial charge in [0.25, 0.3) is 11.8 Å². The molecule has 2 saturated heterocycles. The van der Waals surface area contributed by atoms with Crippen molar-refractivity contribution in [3.05, 3.63) is 0 Å². The predicted octanol–water partition coefficient (Wildman–Crippen LogP) is -0.255. The first-order valence-corrected chi connectivity index (χ1v) is 5.28. The summed E-state index contributed by atoms with van der Waals surface area (Å²) in [6.45, 7) is 3.36. The van der Waals surface area contributed by atoms with Gasteiger partial charge in [0.1, 0.15) is 0 Å². The predicted molar refractivity (Wildman–Crippen MR) is 52.1 cm³/mol. The Balaban J connectivity index is 1.94. The molecule has 2 fully saturated rings. The van der Waals surface area contributed by atoms with Crippen molar-refractivity contribution < 1.29 is 28.7 Å². The van der Waals surface area contributed by atoms with Gasteiger partial charge in [-0.25, -0.2) is 4.79 Å². The number of hydrogen-bond donors (Lipinski definition) is 0. The van der Waals surface area contributed by atoms with Crippen LogP contribution in [-0.4, -0.2) is 41.3 Å². The van der Waals surface area contributed by atoms with Crippen molar-refractivity contribution in [2.24, 2.45) is 0 Å². The van der Waals surface area contributed by atoms with Crippen molar-refractivity contribution in [1.82, 2.24) is 5.06 Å². The first-order valence-electron chi connectivity index (χ1n) is 5.28. The normalized spacial score (nSPS) is 27.6. The third kappa shape index (κ3) is 2.45. The number of ether oxygens (including phenoxy) is 2. The second-order valence-electron chi connectivity index (χ2n) is 4.31. The molecular weight excluding hydrogens is 230 g/mol. The molecule has 2 rings (SSSR count). The van der Waals surface area contributed by atoms with Gasteiger partial charge < -0.3 is 14.3 Å². The summed E-state index contributed by atoms with van der Waals surface area (Å²) in [6.07, 6.45) is -0.773. The average molecular weight is 243 g/mol. The zero-order chi connectivity index (χ0) is 12.6. The topological polar surface area (TPSA) is 82.1 Å². The second-order valence-corrected chi connectivity index (χ2v) is 4.31. The largest absolute Gasteiger partial charge is 0.364 e. The number of nitrogens with zero attached hydrogens (tertiary/aromatic N) is 1. The zero-order valence-electron chi connectivity index (χ0n) is 9.60. The minimum Gasteiger partial charge on any atom is -0.347 e. The van der Waals surface area contributed by atoms with Crippen LogP contribution < -0.4 is 0 Å². The van der Waals surface area contributed by atoms with Crippen LogP contribution in [-0.2, 0) is 28.7 Å². The molecule has 7 nitrogen and oxygen atoms in total. The summed E-state index contributed by atoms with van der Waals surface area (Å²) in [5.74, 6) is -2.68. The van der Waals surface area contributed by atoms with Crippen LogP contribution in [0.2, 0.25) is 0 Å². The van der Waals surface area contributed by atoms with Gasteiger partial charge in [-0.1, -0.05) is 0 Å². The number of amides is 2. The Bertz CT molecular complexity index is 361. The lowest BCUT2D eigenvalue weighted by Crippen LogP contribution is -2.38. The maximum atomic E-state index is 11.6. The van der Waals surface area contributed by atoms with Crippen molar-refractivity contribution >= 4 is 17.8 Å². The molecule has 0 unspecified atom stereocenters. The van der Waals surface area contributed by atoms with Gasteiger partial charge in [0.05, 0.1) is 6.61 Å². The fourth-order valence-electron chi connectivity index (χ4n) is 1.61. The van der Waals surface area contributed by atoms with Crippen molar-refractivity contribution in [3.63, 3.8) is 0 Å². The SMILES string of the molecule is CC1(C)OC[C@H](C(=O)ON2C(=O)CCC2=O)O1. The van der Waals surface area contributed by atoms with Crippen LogP contribution in [0.4, 0.5) is 0 Å². The Hall–Kier alpha value is -1.47. The molecule has 0 radical (unpaired) electrons. The highest BCUT2D eigenvalue weighted by molar-refractivity contribution is 6.01. The molecular formula is C10H13NO6. The molecule has 17 heavy (non-hydrogen) atoms. The highest BCUT2D eigenvalue weighted by Gasteiger charge is 2.41. The van der Waals surface area contributed by atoms with Gasteiger partial charge in [-0.3, -0.25) is 9.59 Å². The maximum Gasteiger partial charge on any atom is 0.364 e. The first kappa shape index (κ1) is 12.0. The number of carbonyl (C=O) groups is 3. The van der Waals surface area contributed by atoms with Crippen LogP contribution in [0.1, 0.15) is 26.7 Å². The third-order valence-electron chi connectivity index (χ3n) is 2.46. The molecule has 0 N–H and O–H groups in total. The fourth-order valence-corrected chi connectivity index (χ4v) is 1.61. The van der Waals surface area contributed by atoms with Gasteiger partial charge in [-0.05, 0) is 13.8 Å². The van der Waals surface area contributed by atoms with E-state index in [1.54, 1.807) is 13.8 Å². The second kappa shape index (κ2) is 4.08. The first-order chi connectivity index (χ1) is 7.89. The number of imide groups is 1. The molecule has 2 aliphatic rings. The van der Waals surface area contributed by atoms with E-state index < -0.39 is 29.7 Å². The van der Waals surface area contributed by atoms with Crippen LogP contribution in [0.25, 0.3) is 0 Å². The van der Waals surface area contributed by atoms with E-state index in [2.05, 4.69) is 0 Å². The van der Waals surface area contributed by atoms with Crippen LogP contribution in [0.3, 0.4) is 0 Å². The van der Waals surface area contributed by atoms with E-state index in [1.165, 1.54) is 0 Å². The van der Waals surface area contributed by atoms with Crippen LogP contribution in [0, 0.1) is 0 Å². The number of hydrogen-bond acceptors (Lipinski definition) is 6. The minimum atomic E-state index is -0.911. The highest BCUT2D eigenvalue weighted by Crippen LogP contribution is 2.23. The zero-order valence-corrected chi connectivity index (χ0v) is 9.60. The fraction of sp³-hybridized carbons (Fsp3) is 0.700. The lowest BCUT2D eigenvalue weighted by molar-refractivity contribution is -0.208. The Morgan fingerprint density at radius 2 is 1.94 bits per heavy atom. The third-order valence-corrected chi connectivity index (χ3v) is 2.46. The molecule has 0 aromatic carbocycles. The molecule has 0 spiro atoms. The molecule has 7 heteroatoms. The van der Waals surface area contributed by atoms with Crippen LogP contribution in [0.15, 0.2) is 0 Å². The van der Waals surface area contributed by atoms with Crippen molar-refractivity contribution in [3.8, 4) is 0 Å². The van der Waals surface area contributed by atoms with Gasteiger partial charge in [0.2, 0.25) is 0 Å². The number of hydroxylamine groups is 2. The van der Waals surface area contributed by atoms with Crippen LogP contribution >= 0.6 is 0 Å². The molecule has 0 aromatic heterocycles. The van der Waals surface area contributed by atoms with Crippen molar-refractivity contribution in [2.75, 3.05) is 6.61 Å². The lowest BCUT2D eigenvalue weighted by atomic mass is 10.4. The van der Waals surface area contributed by atoms with E-state index in [1.807, 2.05) is 0 Å². The molecule has 0 bridgehead atoms. The lowest BCUT2D eigenvalue weighted by Gasteiger charge is -2.17. The van der Waals surface area contributed by atoms with Crippen LogP contribution in [0.5, 0.6) is 0 Å². The Labute approximate surface area is 97.6 Å². The Morgan fingerprint density at radius 1 is 1.35 bits per heavy atom. The van der Waals surface area contributed by atoms with E-state index in [0.717, 1.165) is 0 Å². The molecule has 94 valence electrons. The van der Waals surface area contributed by atoms with E-state index >= 15 is 0 Å². The van der Waals surface area contributed by atoms with Gasteiger partial charge in [0, 0.05) is 12.8 Å². The molecule has 2 heterocycles. The Morgan fingerprint density at radius 3 is 2.41 bits per heavy atom. The summed E-state index contributed by atoms with van der Waals surface area (Å²) in [7, 11) is 0. The minimum absolute atomic E-state index is 0.0437. The molecule has 1 atom stereocenters. The van der Waals surface area contributed by atoms with Crippen molar-refractivity contribution in [2.45, 2.75) is 38.6 Å². The van der Waals surface area contributed by atoms with E-state index in [0.29, 0.717) is 5.06 Å². The molecule has 2 amide bonds. The molecule has 0 aromatic rings. The molecule has 0 saturated carbocycles. The Kier molecular flexibility index (Phi) is 2.88. The summed E-state index contributed by atoms with van der Waals surface area (Å²) >= 11 is 0. The summed E-state index contributed by atoms with van der Waals surface area (Å²) in [5, 5.41) is 0.497.